The number of nitrogens with two attached hydrogens (primary N) is 1. The molecule has 0 aliphatic carbocycles. The molecule has 1 fully saturated rings. The second-order valence-electron chi connectivity index (χ2n) is 9.39. The molecule has 208 valence electrons. The third kappa shape index (κ3) is 7.94. The van der Waals surface area contributed by atoms with Crippen LogP contribution in [0.1, 0.15) is 47.6 Å². The van der Waals surface area contributed by atoms with Gasteiger partial charge in [-0.3, -0.25) is 9.78 Å². The molecule has 1 amide bonds. The molecular formula is C25H34F3N7O3. The van der Waals surface area contributed by atoms with Crippen LogP contribution in [0.25, 0.3) is 5.70 Å². The summed E-state index contributed by atoms with van der Waals surface area (Å²) in [5.41, 5.74) is 8.60. The van der Waals surface area contributed by atoms with Gasteiger partial charge >= 0.3 is 12.2 Å². The lowest BCUT2D eigenvalue weighted by atomic mass is 9.92. The summed E-state index contributed by atoms with van der Waals surface area (Å²) in [6.07, 6.45) is -3.52. The normalized spacial score (nSPS) is 15.2. The molecule has 3 heterocycles. The molecule has 3 N–H and O–H groups in total. The molecule has 0 aromatic carbocycles. The summed E-state index contributed by atoms with van der Waals surface area (Å²) in [5.74, 6) is -0.427. The zero-order valence-electron chi connectivity index (χ0n) is 22.0. The molecule has 10 nitrogen and oxygen atoms in total. The number of aromatic nitrogens is 3. The summed E-state index contributed by atoms with van der Waals surface area (Å²) < 4.78 is 48.6. The van der Waals surface area contributed by atoms with Gasteiger partial charge in [0.15, 0.2) is 0 Å². The number of piperidine rings is 1. The van der Waals surface area contributed by atoms with Crippen molar-refractivity contribution in [2.75, 3.05) is 57.2 Å². The Morgan fingerprint density at radius 3 is 2.47 bits per heavy atom. The van der Waals surface area contributed by atoms with E-state index in [0.717, 1.165) is 24.2 Å². The highest BCUT2D eigenvalue weighted by Crippen LogP contribution is 2.32. The number of ether oxygens (including phenoxy) is 2. The van der Waals surface area contributed by atoms with Crippen molar-refractivity contribution in [1.82, 2.24) is 20.3 Å². The Bertz CT molecular complexity index is 1140. The van der Waals surface area contributed by atoms with Gasteiger partial charge in [-0.1, -0.05) is 6.58 Å². The second kappa shape index (κ2) is 12.3. The van der Waals surface area contributed by atoms with Crippen LogP contribution in [-0.4, -0.2) is 80.6 Å². The lowest BCUT2D eigenvalue weighted by Gasteiger charge is -2.33. The molecule has 2 aromatic rings. The number of carbonyl (C=O) groups excluding carboxylic acids is 1. The Labute approximate surface area is 220 Å². The third-order valence-corrected chi connectivity index (χ3v) is 5.99. The summed E-state index contributed by atoms with van der Waals surface area (Å²) in [7, 11) is 5.39. The van der Waals surface area contributed by atoms with E-state index in [0.29, 0.717) is 30.3 Å². The molecule has 13 heteroatoms. The van der Waals surface area contributed by atoms with E-state index >= 15 is 0 Å². The van der Waals surface area contributed by atoms with Crippen LogP contribution in [0.15, 0.2) is 24.8 Å². The van der Waals surface area contributed by atoms with E-state index in [-0.39, 0.29) is 24.2 Å². The average Bonchev–Trinajstić information content (AvgIpc) is 2.86. The number of methoxy groups -OCH3 is 1. The van der Waals surface area contributed by atoms with Gasteiger partial charge in [0.25, 0.3) is 5.91 Å². The SMILES string of the molecule is C=C(N)c1cc(N(C)C)cc(C2CCN(c3cc(C(=O)NCC(F)(F)F)nc(O[C@H](C)COC)n3)CC2)n1. The van der Waals surface area contributed by atoms with Gasteiger partial charge in [-0.25, -0.2) is 0 Å². The number of hydrogen-bond acceptors (Lipinski definition) is 9. The van der Waals surface area contributed by atoms with Crippen molar-refractivity contribution < 1.29 is 27.4 Å². The Kier molecular flexibility index (Phi) is 9.36. The van der Waals surface area contributed by atoms with E-state index in [2.05, 4.69) is 16.5 Å². The fourth-order valence-electron chi connectivity index (χ4n) is 4.04. The van der Waals surface area contributed by atoms with Crippen molar-refractivity contribution in [3.63, 3.8) is 0 Å². The van der Waals surface area contributed by atoms with Crippen molar-refractivity contribution >= 4 is 23.1 Å². The van der Waals surface area contributed by atoms with Crippen LogP contribution in [0.2, 0.25) is 0 Å². The first-order chi connectivity index (χ1) is 17.9. The van der Waals surface area contributed by atoms with E-state index in [1.165, 1.54) is 13.2 Å². The van der Waals surface area contributed by atoms with Crippen LogP contribution in [0.3, 0.4) is 0 Å². The Balaban J connectivity index is 1.81. The lowest BCUT2D eigenvalue weighted by molar-refractivity contribution is -0.123. The van der Waals surface area contributed by atoms with Crippen LogP contribution >= 0.6 is 0 Å². The zero-order valence-corrected chi connectivity index (χ0v) is 22.0. The zero-order chi connectivity index (χ0) is 28.0. The number of halogens is 3. The Morgan fingerprint density at radius 1 is 1.21 bits per heavy atom. The first kappa shape index (κ1) is 29.0. The van der Waals surface area contributed by atoms with E-state index in [1.54, 1.807) is 6.92 Å². The summed E-state index contributed by atoms with van der Waals surface area (Å²) in [4.78, 5) is 29.6. The minimum absolute atomic E-state index is 0.113. The van der Waals surface area contributed by atoms with E-state index in [1.807, 2.05) is 41.3 Å². The van der Waals surface area contributed by atoms with Gasteiger partial charge in [0.05, 0.1) is 18.0 Å². The smallest absolute Gasteiger partial charge is 0.405 e. The minimum atomic E-state index is -4.55. The van der Waals surface area contributed by atoms with Gasteiger partial charge in [-0.2, -0.15) is 23.1 Å². The van der Waals surface area contributed by atoms with E-state index < -0.39 is 24.7 Å². The van der Waals surface area contributed by atoms with Crippen molar-refractivity contribution in [2.45, 2.75) is 38.0 Å². The monoisotopic (exact) mass is 537 g/mol. The molecular weight excluding hydrogens is 503 g/mol. The third-order valence-electron chi connectivity index (χ3n) is 5.99. The summed E-state index contributed by atoms with van der Waals surface area (Å²) >= 11 is 0. The van der Waals surface area contributed by atoms with Crippen LogP contribution in [-0.2, 0) is 4.74 Å². The fourth-order valence-corrected chi connectivity index (χ4v) is 4.04. The predicted octanol–water partition coefficient (Wildman–Crippen LogP) is 2.96. The van der Waals surface area contributed by atoms with Gasteiger partial charge in [-0.15, -0.1) is 0 Å². The highest BCUT2D eigenvalue weighted by atomic mass is 19.4. The Morgan fingerprint density at radius 2 is 1.89 bits per heavy atom. The minimum Gasteiger partial charge on any atom is -0.458 e. The average molecular weight is 538 g/mol. The Hall–Kier alpha value is -3.61. The van der Waals surface area contributed by atoms with Crippen molar-refractivity contribution in [3.05, 3.63) is 41.9 Å². The van der Waals surface area contributed by atoms with E-state index in [4.69, 9.17) is 20.2 Å². The summed E-state index contributed by atoms with van der Waals surface area (Å²) in [5, 5.41) is 1.85. The van der Waals surface area contributed by atoms with Crippen LogP contribution in [0.5, 0.6) is 6.01 Å². The van der Waals surface area contributed by atoms with Crippen LogP contribution in [0, 0.1) is 0 Å². The number of alkyl halides is 3. The number of nitrogens with zero attached hydrogens (tertiary/aromatic N) is 5. The molecule has 3 rings (SSSR count). The standard InChI is InChI=1S/C25H34F3N7O3/c1-15(13-37-5)38-24-32-21(23(36)30-14-25(26,27)28)12-22(33-24)35-8-6-17(7-9-35)20-11-18(34(3)4)10-19(31-20)16(2)29/h10-12,15,17H,2,6-9,13-14,29H2,1,3-5H3,(H,30,36)/t15-/m1/s1. The number of hydrogen-bond donors (Lipinski definition) is 2. The first-order valence-corrected chi connectivity index (χ1v) is 12.1. The van der Waals surface area contributed by atoms with Gasteiger partial charge < -0.3 is 30.3 Å². The van der Waals surface area contributed by atoms with Crippen molar-refractivity contribution in [1.29, 1.82) is 0 Å². The molecule has 1 atom stereocenters. The number of amides is 1. The highest BCUT2D eigenvalue weighted by Gasteiger charge is 2.29. The molecule has 1 aliphatic rings. The maximum Gasteiger partial charge on any atom is 0.405 e. The maximum atomic E-state index is 12.6. The molecule has 2 aromatic heterocycles. The summed E-state index contributed by atoms with van der Waals surface area (Å²) in [6, 6.07) is 5.18. The topological polar surface area (TPSA) is 119 Å². The first-order valence-electron chi connectivity index (χ1n) is 12.1. The quantitative estimate of drug-likeness (QED) is 0.472. The van der Waals surface area contributed by atoms with E-state index in [9.17, 15) is 18.0 Å². The van der Waals surface area contributed by atoms with Crippen molar-refractivity contribution in [3.8, 4) is 6.01 Å². The molecule has 0 unspecified atom stereocenters. The lowest BCUT2D eigenvalue weighted by Crippen LogP contribution is -2.36. The number of carbonyl (C=O) groups is 1. The predicted molar refractivity (Wildman–Crippen MR) is 138 cm³/mol. The number of anilines is 2. The summed E-state index contributed by atoms with van der Waals surface area (Å²) in [6.45, 7) is 5.46. The van der Waals surface area contributed by atoms with Crippen molar-refractivity contribution in [2.24, 2.45) is 5.73 Å². The molecule has 1 saturated heterocycles. The maximum absolute atomic E-state index is 12.6. The van der Waals surface area contributed by atoms with Crippen LogP contribution < -0.4 is 25.6 Å². The number of pyridine rings is 1. The molecule has 0 bridgehead atoms. The highest BCUT2D eigenvalue weighted by molar-refractivity contribution is 5.93. The molecule has 0 radical (unpaired) electrons. The van der Waals surface area contributed by atoms with Crippen LogP contribution in [0.4, 0.5) is 24.7 Å². The number of rotatable bonds is 10. The largest absolute Gasteiger partial charge is 0.458 e. The molecule has 1 aliphatic heterocycles. The van der Waals surface area contributed by atoms with Gasteiger partial charge in [-0.05, 0) is 31.9 Å². The van der Waals surface area contributed by atoms with Gasteiger partial charge in [0.2, 0.25) is 0 Å². The molecule has 38 heavy (non-hydrogen) atoms. The fraction of sp³-hybridized carbons (Fsp3) is 0.520. The molecule has 0 spiro atoms. The molecule has 0 saturated carbocycles. The second-order valence-corrected chi connectivity index (χ2v) is 9.39. The number of nitrogens with one attached hydrogen (secondary N) is 1. The van der Waals surface area contributed by atoms with Gasteiger partial charge in [0, 0.05) is 57.7 Å². The van der Waals surface area contributed by atoms with Gasteiger partial charge in [0.1, 0.15) is 24.2 Å².